The zero-order valence-electron chi connectivity index (χ0n) is 13.0. The summed E-state index contributed by atoms with van der Waals surface area (Å²) in [6, 6.07) is 8.90. The largest absolute Gasteiger partial charge is 0.469 e. The second-order valence-corrected chi connectivity index (χ2v) is 4.82. The fourth-order valence-electron chi connectivity index (χ4n) is 1.94. The van der Waals surface area contributed by atoms with E-state index in [1.165, 1.54) is 14.0 Å². The van der Waals surface area contributed by atoms with E-state index in [2.05, 4.69) is 10.1 Å². The van der Waals surface area contributed by atoms with Crippen molar-refractivity contribution >= 4 is 17.8 Å². The third-order valence-corrected chi connectivity index (χ3v) is 3.10. The molecule has 6 nitrogen and oxygen atoms in total. The third-order valence-electron chi connectivity index (χ3n) is 3.10. The van der Waals surface area contributed by atoms with E-state index in [9.17, 15) is 14.4 Å². The minimum atomic E-state index is -0.354. The number of nitrogens with zero attached hydrogens (tertiary/aromatic N) is 1. The number of amides is 2. The lowest BCUT2D eigenvalue weighted by molar-refractivity contribution is -0.140. The maximum atomic E-state index is 12.5. The van der Waals surface area contributed by atoms with Crippen molar-refractivity contribution < 1.29 is 19.1 Å². The number of carbonyl (C=O) groups is 3. The zero-order valence-corrected chi connectivity index (χ0v) is 13.0. The second-order valence-electron chi connectivity index (χ2n) is 4.82. The van der Waals surface area contributed by atoms with E-state index in [0.717, 1.165) is 0 Å². The zero-order chi connectivity index (χ0) is 16.4. The number of methoxy groups -OCH3 is 1. The van der Waals surface area contributed by atoms with Crippen LogP contribution in [0.3, 0.4) is 0 Å². The van der Waals surface area contributed by atoms with E-state index in [1.807, 2.05) is 6.07 Å². The van der Waals surface area contributed by atoms with Gasteiger partial charge in [0.15, 0.2) is 0 Å². The molecule has 0 saturated heterocycles. The average Bonchev–Trinajstić information content (AvgIpc) is 2.53. The minimum absolute atomic E-state index is 0.101. The van der Waals surface area contributed by atoms with Gasteiger partial charge in [-0.1, -0.05) is 18.2 Å². The molecular formula is C16H22N2O4. The van der Waals surface area contributed by atoms with Crippen LogP contribution in [0.1, 0.15) is 30.1 Å². The molecule has 0 unspecified atom stereocenters. The quantitative estimate of drug-likeness (QED) is 0.579. The molecule has 0 bridgehead atoms. The Morgan fingerprint density at radius 2 is 1.82 bits per heavy atom. The van der Waals surface area contributed by atoms with Gasteiger partial charge in [-0.25, -0.2) is 0 Å². The highest BCUT2D eigenvalue weighted by Gasteiger charge is 2.16. The smallest absolute Gasteiger partial charge is 0.307 e. The Morgan fingerprint density at radius 1 is 1.14 bits per heavy atom. The van der Waals surface area contributed by atoms with Crippen LogP contribution < -0.4 is 5.32 Å². The molecule has 0 aliphatic rings. The van der Waals surface area contributed by atoms with Crippen LogP contribution in [0.4, 0.5) is 0 Å². The van der Waals surface area contributed by atoms with Crippen molar-refractivity contribution in [1.82, 2.24) is 10.2 Å². The Kier molecular flexibility index (Phi) is 7.67. The molecule has 1 rings (SSSR count). The molecule has 120 valence electrons. The Labute approximate surface area is 130 Å². The van der Waals surface area contributed by atoms with Crippen LogP contribution in [0.2, 0.25) is 0 Å². The van der Waals surface area contributed by atoms with Crippen molar-refractivity contribution in [1.29, 1.82) is 0 Å². The van der Waals surface area contributed by atoms with Crippen molar-refractivity contribution in [2.24, 2.45) is 0 Å². The van der Waals surface area contributed by atoms with Gasteiger partial charge in [-0.3, -0.25) is 14.4 Å². The number of ether oxygens (including phenoxy) is 1. The van der Waals surface area contributed by atoms with Gasteiger partial charge in [-0.2, -0.15) is 0 Å². The number of esters is 1. The first kappa shape index (κ1) is 17.7. The fourth-order valence-corrected chi connectivity index (χ4v) is 1.94. The van der Waals surface area contributed by atoms with Crippen LogP contribution in [-0.4, -0.2) is 49.4 Å². The van der Waals surface area contributed by atoms with Crippen LogP contribution in [0, 0.1) is 0 Å². The second kappa shape index (κ2) is 9.55. The van der Waals surface area contributed by atoms with E-state index in [-0.39, 0.29) is 24.2 Å². The molecule has 0 aliphatic heterocycles. The molecule has 2 amide bonds. The Hall–Kier alpha value is -2.37. The maximum Gasteiger partial charge on any atom is 0.307 e. The Morgan fingerprint density at radius 3 is 2.41 bits per heavy atom. The molecule has 6 heteroatoms. The number of hydrogen-bond donors (Lipinski definition) is 1. The molecule has 0 heterocycles. The SMILES string of the molecule is COC(=O)CCN(CCCNC(C)=O)C(=O)c1ccccc1. The van der Waals surface area contributed by atoms with Crippen LogP contribution in [0.15, 0.2) is 30.3 Å². The lowest BCUT2D eigenvalue weighted by Crippen LogP contribution is -2.35. The summed E-state index contributed by atoms with van der Waals surface area (Å²) in [6.45, 7) is 2.70. The molecule has 0 radical (unpaired) electrons. The fraction of sp³-hybridized carbons (Fsp3) is 0.438. The van der Waals surface area contributed by atoms with Gasteiger partial charge in [-0.05, 0) is 18.6 Å². The van der Waals surface area contributed by atoms with Gasteiger partial charge in [0.2, 0.25) is 5.91 Å². The predicted octanol–water partition coefficient (Wildman–Crippen LogP) is 1.22. The topological polar surface area (TPSA) is 75.7 Å². The summed E-state index contributed by atoms with van der Waals surface area (Å²) in [4.78, 5) is 36.2. The third kappa shape index (κ3) is 6.39. The normalized spacial score (nSPS) is 9.91. The van der Waals surface area contributed by atoms with Crippen molar-refractivity contribution in [3.63, 3.8) is 0 Å². The number of nitrogens with one attached hydrogen (secondary N) is 1. The van der Waals surface area contributed by atoms with Crippen LogP contribution in [0.25, 0.3) is 0 Å². The van der Waals surface area contributed by atoms with Gasteiger partial charge in [0, 0.05) is 32.1 Å². The molecule has 0 fully saturated rings. The van der Waals surface area contributed by atoms with Gasteiger partial charge in [-0.15, -0.1) is 0 Å². The van der Waals surface area contributed by atoms with Crippen molar-refractivity contribution in [3.8, 4) is 0 Å². The molecule has 0 aromatic heterocycles. The molecule has 0 saturated carbocycles. The molecular weight excluding hydrogens is 284 g/mol. The highest BCUT2D eigenvalue weighted by atomic mass is 16.5. The summed E-state index contributed by atoms with van der Waals surface area (Å²) in [6.07, 6.45) is 0.772. The van der Waals surface area contributed by atoms with Gasteiger partial charge in [0.05, 0.1) is 13.5 Å². The summed E-state index contributed by atoms with van der Waals surface area (Å²) >= 11 is 0. The molecule has 0 atom stereocenters. The molecule has 0 aliphatic carbocycles. The van der Waals surface area contributed by atoms with Gasteiger partial charge in [0.25, 0.3) is 5.91 Å². The van der Waals surface area contributed by atoms with E-state index in [0.29, 0.717) is 31.6 Å². The lowest BCUT2D eigenvalue weighted by atomic mass is 10.2. The maximum absolute atomic E-state index is 12.5. The molecule has 1 N–H and O–H groups in total. The van der Waals surface area contributed by atoms with Crippen LogP contribution in [-0.2, 0) is 14.3 Å². The van der Waals surface area contributed by atoms with Crippen molar-refractivity contribution in [2.75, 3.05) is 26.7 Å². The Balaban J connectivity index is 2.62. The highest BCUT2D eigenvalue weighted by molar-refractivity contribution is 5.94. The minimum Gasteiger partial charge on any atom is -0.469 e. The number of rotatable bonds is 8. The van der Waals surface area contributed by atoms with E-state index in [4.69, 9.17) is 0 Å². The van der Waals surface area contributed by atoms with Crippen molar-refractivity contribution in [3.05, 3.63) is 35.9 Å². The first-order valence-corrected chi connectivity index (χ1v) is 7.20. The van der Waals surface area contributed by atoms with E-state index in [1.54, 1.807) is 29.2 Å². The predicted molar refractivity (Wildman–Crippen MR) is 82.3 cm³/mol. The van der Waals surface area contributed by atoms with Gasteiger partial charge in [0.1, 0.15) is 0 Å². The summed E-state index contributed by atoms with van der Waals surface area (Å²) in [5, 5.41) is 2.69. The summed E-state index contributed by atoms with van der Waals surface area (Å²) < 4.78 is 4.61. The molecule has 1 aromatic rings. The van der Waals surface area contributed by atoms with E-state index < -0.39 is 0 Å². The summed E-state index contributed by atoms with van der Waals surface area (Å²) in [5.41, 5.74) is 0.576. The van der Waals surface area contributed by atoms with Crippen LogP contribution in [0.5, 0.6) is 0 Å². The standard InChI is InChI=1S/C16H22N2O4/c1-13(19)17-10-6-11-18(12-9-15(20)22-2)16(21)14-7-4-3-5-8-14/h3-5,7-8H,6,9-12H2,1-2H3,(H,17,19). The van der Waals surface area contributed by atoms with Gasteiger partial charge < -0.3 is 15.0 Å². The number of carbonyl (C=O) groups excluding carboxylic acids is 3. The number of hydrogen-bond acceptors (Lipinski definition) is 4. The van der Waals surface area contributed by atoms with Crippen LogP contribution >= 0.6 is 0 Å². The number of benzene rings is 1. The Bertz CT molecular complexity index is 502. The monoisotopic (exact) mass is 306 g/mol. The highest BCUT2D eigenvalue weighted by Crippen LogP contribution is 2.06. The van der Waals surface area contributed by atoms with E-state index >= 15 is 0 Å². The first-order chi connectivity index (χ1) is 10.5. The molecule has 0 spiro atoms. The van der Waals surface area contributed by atoms with Gasteiger partial charge >= 0.3 is 5.97 Å². The van der Waals surface area contributed by atoms with Crippen molar-refractivity contribution in [2.45, 2.75) is 19.8 Å². The summed E-state index contributed by atoms with van der Waals surface area (Å²) in [7, 11) is 1.32. The summed E-state index contributed by atoms with van der Waals surface area (Å²) in [5.74, 6) is -0.587. The average molecular weight is 306 g/mol. The molecule has 1 aromatic carbocycles. The first-order valence-electron chi connectivity index (χ1n) is 7.20. The molecule has 22 heavy (non-hydrogen) atoms. The lowest BCUT2D eigenvalue weighted by Gasteiger charge is -2.22.